The smallest absolute Gasteiger partial charge is 0.478 e. The van der Waals surface area contributed by atoms with Crippen molar-refractivity contribution in [2.75, 3.05) is 16.8 Å². The number of halogens is 3. The Hall–Kier alpha value is -3.23. The van der Waals surface area contributed by atoms with Crippen molar-refractivity contribution in [2.24, 2.45) is 0 Å². The second kappa shape index (κ2) is 8.42. The highest BCUT2D eigenvalue weighted by Crippen LogP contribution is 2.34. The summed E-state index contributed by atoms with van der Waals surface area (Å²) in [6.45, 7) is 1.94. The lowest BCUT2D eigenvalue weighted by Gasteiger charge is -2.33. The molecule has 1 aliphatic rings. The molecule has 1 N–H and O–H groups in total. The molecule has 1 atom stereocenters. The maximum absolute atomic E-state index is 12.6. The van der Waals surface area contributed by atoms with Crippen LogP contribution in [0.25, 0.3) is 0 Å². The summed E-state index contributed by atoms with van der Waals surface area (Å²) in [5, 5.41) is 2.52. The van der Waals surface area contributed by atoms with Gasteiger partial charge in [0.25, 0.3) is 5.91 Å². The van der Waals surface area contributed by atoms with Gasteiger partial charge in [-0.15, -0.1) is 13.2 Å². The standard InChI is InChI=1S/C20H19F3N2O4/c1-2-16-19(27)25(15-8-3-4-9-17(15)28-16)11-10-18(26)24-13-6-5-7-14(12-13)29-20(21,22)23/h3-9,12,16H,2,10-11H2,1H3,(H,24,26). The zero-order valence-electron chi connectivity index (χ0n) is 15.5. The maximum Gasteiger partial charge on any atom is 0.573 e. The number of para-hydroxylation sites is 2. The molecule has 0 fully saturated rings. The quantitative estimate of drug-likeness (QED) is 0.781. The van der Waals surface area contributed by atoms with Crippen LogP contribution in [0.15, 0.2) is 48.5 Å². The van der Waals surface area contributed by atoms with Crippen molar-refractivity contribution in [2.45, 2.75) is 32.2 Å². The molecule has 0 radical (unpaired) electrons. The van der Waals surface area contributed by atoms with E-state index in [-0.39, 0.29) is 24.6 Å². The second-order valence-electron chi connectivity index (χ2n) is 6.35. The normalized spacial score (nSPS) is 16.1. The van der Waals surface area contributed by atoms with E-state index in [0.29, 0.717) is 17.9 Å². The molecular formula is C20H19F3N2O4. The molecule has 2 aromatic rings. The van der Waals surface area contributed by atoms with Gasteiger partial charge in [-0.2, -0.15) is 0 Å². The molecular weight excluding hydrogens is 389 g/mol. The Morgan fingerprint density at radius 3 is 2.69 bits per heavy atom. The number of ether oxygens (including phenoxy) is 2. The monoisotopic (exact) mass is 408 g/mol. The van der Waals surface area contributed by atoms with E-state index in [4.69, 9.17) is 4.74 Å². The van der Waals surface area contributed by atoms with E-state index < -0.39 is 24.1 Å². The molecule has 0 aliphatic carbocycles. The molecule has 0 aromatic heterocycles. The summed E-state index contributed by atoms with van der Waals surface area (Å²) >= 11 is 0. The Morgan fingerprint density at radius 2 is 1.97 bits per heavy atom. The Labute approximate surface area is 165 Å². The molecule has 2 aromatic carbocycles. The fourth-order valence-corrected chi connectivity index (χ4v) is 2.97. The fraction of sp³-hybridized carbons (Fsp3) is 0.300. The summed E-state index contributed by atoms with van der Waals surface area (Å²) < 4.78 is 46.5. The van der Waals surface area contributed by atoms with Gasteiger partial charge in [-0.3, -0.25) is 9.59 Å². The van der Waals surface area contributed by atoms with Gasteiger partial charge in [-0.1, -0.05) is 25.1 Å². The van der Waals surface area contributed by atoms with Gasteiger partial charge < -0.3 is 19.7 Å². The van der Waals surface area contributed by atoms with Crippen LogP contribution >= 0.6 is 0 Å². The zero-order valence-corrected chi connectivity index (χ0v) is 15.5. The van der Waals surface area contributed by atoms with Gasteiger partial charge in [0.2, 0.25) is 5.91 Å². The highest BCUT2D eigenvalue weighted by molar-refractivity contribution is 6.01. The summed E-state index contributed by atoms with van der Waals surface area (Å²) in [7, 11) is 0. The minimum Gasteiger partial charge on any atom is -0.478 e. The molecule has 1 aliphatic heterocycles. The maximum atomic E-state index is 12.6. The van der Waals surface area contributed by atoms with Crippen LogP contribution in [0.3, 0.4) is 0 Å². The lowest BCUT2D eigenvalue weighted by Crippen LogP contribution is -2.46. The number of nitrogens with zero attached hydrogens (tertiary/aromatic N) is 1. The molecule has 9 heteroatoms. The molecule has 1 unspecified atom stereocenters. The first-order valence-electron chi connectivity index (χ1n) is 8.99. The molecule has 0 saturated carbocycles. The van der Waals surface area contributed by atoms with Crippen molar-refractivity contribution in [1.82, 2.24) is 0 Å². The van der Waals surface area contributed by atoms with Crippen molar-refractivity contribution in [3.05, 3.63) is 48.5 Å². The van der Waals surface area contributed by atoms with E-state index in [1.165, 1.54) is 17.0 Å². The van der Waals surface area contributed by atoms with E-state index >= 15 is 0 Å². The summed E-state index contributed by atoms with van der Waals surface area (Å²) in [6.07, 6.45) is -4.99. The molecule has 0 bridgehead atoms. The third-order valence-electron chi connectivity index (χ3n) is 4.25. The summed E-state index contributed by atoms with van der Waals surface area (Å²) in [4.78, 5) is 26.4. The van der Waals surface area contributed by atoms with E-state index in [0.717, 1.165) is 12.1 Å². The van der Waals surface area contributed by atoms with E-state index in [9.17, 15) is 22.8 Å². The van der Waals surface area contributed by atoms with Crippen LogP contribution in [0.2, 0.25) is 0 Å². The van der Waals surface area contributed by atoms with Gasteiger partial charge in [0, 0.05) is 24.7 Å². The highest BCUT2D eigenvalue weighted by Gasteiger charge is 2.33. The third kappa shape index (κ3) is 5.18. The Morgan fingerprint density at radius 1 is 1.21 bits per heavy atom. The van der Waals surface area contributed by atoms with Gasteiger partial charge in [0.05, 0.1) is 5.69 Å². The Bertz CT molecular complexity index is 901. The largest absolute Gasteiger partial charge is 0.573 e. The van der Waals surface area contributed by atoms with Gasteiger partial charge in [0.1, 0.15) is 11.5 Å². The van der Waals surface area contributed by atoms with Gasteiger partial charge >= 0.3 is 6.36 Å². The number of fused-ring (bicyclic) bond motifs is 1. The van der Waals surface area contributed by atoms with Crippen molar-refractivity contribution in [3.8, 4) is 11.5 Å². The fourth-order valence-electron chi connectivity index (χ4n) is 2.97. The SMILES string of the molecule is CCC1Oc2ccccc2N(CCC(=O)Nc2cccc(OC(F)(F)F)c2)C1=O. The van der Waals surface area contributed by atoms with Crippen LogP contribution in [-0.4, -0.2) is 30.8 Å². The topological polar surface area (TPSA) is 67.9 Å². The average molecular weight is 408 g/mol. The lowest BCUT2D eigenvalue weighted by molar-refractivity contribution is -0.274. The highest BCUT2D eigenvalue weighted by atomic mass is 19.4. The lowest BCUT2D eigenvalue weighted by atomic mass is 10.1. The zero-order chi connectivity index (χ0) is 21.0. The number of hydrogen-bond donors (Lipinski definition) is 1. The number of carbonyl (C=O) groups excluding carboxylic acids is 2. The van der Waals surface area contributed by atoms with Gasteiger partial charge in [0.15, 0.2) is 6.10 Å². The minimum absolute atomic E-state index is 0.0408. The summed E-state index contributed by atoms with van der Waals surface area (Å²) in [5.41, 5.74) is 0.743. The number of rotatable bonds is 6. The molecule has 6 nitrogen and oxygen atoms in total. The molecule has 29 heavy (non-hydrogen) atoms. The van der Waals surface area contributed by atoms with Crippen LogP contribution in [0.5, 0.6) is 11.5 Å². The Balaban J connectivity index is 1.65. The van der Waals surface area contributed by atoms with Crippen LogP contribution < -0.4 is 19.7 Å². The average Bonchev–Trinajstić information content (AvgIpc) is 2.65. The predicted molar refractivity (Wildman–Crippen MR) is 99.9 cm³/mol. The number of alkyl halides is 3. The van der Waals surface area contributed by atoms with Crippen molar-refractivity contribution >= 4 is 23.2 Å². The first-order chi connectivity index (χ1) is 13.8. The van der Waals surface area contributed by atoms with Crippen LogP contribution in [-0.2, 0) is 9.59 Å². The molecule has 154 valence electrons. The van der Waals surface area contributed by atoms with Crippen LogP contribution in [0.1, 0.15) is 19.8 Å². The van der Waals surface area contributed by atoms with Crippen LogP contribution in [0.4, 0.5) is 24.5 Å². The van der Waals surface area contributed by atoms with E-state index in [1.807, 2.05) is 6.92 Å². The number of hydrogen-bond acceptors (Lipinski definition) is 4. The predicted octanol–water partition coefficient (Wildman–Crippen LogP) is 4.12. The van der Waals surface area contributed by atoms with E-state index in [1.54, 1.807) is 24.3 Å². The van der Waals surface area contributed by atoms with Gasteiger partial charge in [-0.25, -0.2) is 0 Å². The number of benzene rings is 2. The Kier molecular flexibility index (Phi) is 5.95. The minimum atomic E-state index is -4.82. The molecule has 3 rings (SSSR count). The third-order valence-corrected chi connectivity index (χ3v) is 4.25. The molecule has 2 amide bonds. The molecule has 1 heterocycles. The summed E-state index contributed by atoms with van der Waals surface area (Å²) in [6, 6.07) is 12.0. The first kappa shape index (κ1) is 20.5. The van der Waals surface area contributed by atoms with E-state index in [2.05, 4.69) is 10.1 Å². The number of carbonyl (C=O) groups is 2. The van der Waals surface area contributed by atoms with Crippen LogP contribution in [0, 0.1) is 0 Å². The van der Waals surface area contributed by atoms with Crippen molar-refractivity contribution in [3.63, 3.8) is 0 Å². The number of anilines is 2. The second-order valence-corrected chi connectivity index (χ2v) is 6.35. The number of amides is 2. The number of nitrogens with one attached hydrogen (secondary N) is 1. The van der Waals surface area contributed by atoms with Crippen molar-refractivity contribution in [1.29, 1.82) is 0 Å². The van der Waals surface area contributed by atoms with Gasteiger partial charge in [-0.05, 0) is 30.7 Å². The summed E-state index contributed by atoms with van der Waals surface area (Å²) in [5.74, 6) is -0.548. The first-order valence-corrected chi connectivity index (χ1v) is 8.99. The molecule has 0 saturated heterocycles. The molecule has 0 spiro atoms. The van der Waals surface area contributed by atoms with Crippen molar-refractivity contribution < 1.29 is 32.2 Å².